The second-order valence-corrected chi connectivity index (χ2v) is 5.14. The van der Waals surface area contributed by atoms with Gasteiger partial charge in [-0.15, -0.1) is 0 Å². The quantitative estimate of drug-likeness (QED) is 0.469. The van der Waals surface area contributed by atoms with Crippen molar-refractivity contribution in [3.63, 3.8) is 0 Å². The molecule has 0 bridgehead atoms. The first-order chi connectivity index (χ1) is 8.50. The molecule has 1 aliphatic rings. The Bertz CT molecular complexity index is 331. The fourth-order valence-electron chi connectivity index (χ4n) is 1.55. The summed E-state index contributed by atoms with van der Waals surface area (Å²) < 4.78 is 0. The molecule has 0 radical (unpaired) electrons. The highest BCUT2D eigenvalue weighted by molar-refractivity contribution is 7.99. The van der Waals surface area contributed by atoms with Gasteiger partial charge in [0.1, 0.15) is 6.04 Å². The molecule has 1 fully saturated rings. The number of hydrogen-bond acceptors (Lipinski definition) is 5. The lowest BCUT2D eigenvalue weighted by Crippen LogP contribution is -2.53. The third-order valence-corrected chi connectivity index (χ3v) is 3.59. The summed E-state index contributed by atoms with van der Waals surface area (Å²) in [6, 6.07) is -1.45. The normalized spacial score (nSPS) is 21.0. The summed E-state index contributed by atoms with van der Waals surface area (Å²) in [6.45, 7) is 0.724. The second kappa shape index (κ2) is 7.22. The molecule has 8 heteroatoms. The third kappa shape index (κ3) is 4.92. The van der Waals surface area contributed by atoms with E-state index in [1.54, 1.807) is 11.8 Å². The van der Waals surface area contributed by atoms with Crippen LogP contribution >= 0.6 is 11.8 Å². The molecule has 102 valence electrons. The molecule has 2 atom stereocenters. The monoisotopic (exact) mass is 275 g/mol. The molecule has 1 rings (SSSR count). The van der Waals surface area contributed by atoms with Crippen molar-refractivity contribution in [1.29, 1.82) is 0 Å². The lowest BCUT2D eigenvalue weighted by atomic mass is 10.1. The first kappa shape index (κ1) is 14.8. The van der Waals surface area contributed by atoms with E-state index in [1.165, 1.54) is 0 Å². The molecule has 0 saturated carbocycles. The molecule has 0 aromatic rings. The number of carbonyl (C=O) groups is 3. The predicted molar refractivity (Wildman–Crippen MR) is 67.1 cm³/mol. The van der Waals surface area contributed by atoms with Gasteiger partial charge in [0.05, 0.1) is 6.04 Å². The number of carbonyl (C=O) groups excluding carboxylic acids is 2. The summed E-state index contributed by atoms with van der Waals surface area (Å²) in [4.78, 5) is 33.3. The molecular weight excluding hydrogens is 258 g/mol. The van der Waals surface area contributed by atoms with Crippen molar-refractivity contribution in [3.8, 4) is 0 Å². The van der Waals surface area contributed by atoms with Gasteiger partial charge < -0.3 is 21.5 Å². The van der Waals surface area contributed by atoms with Gasteiger partial charge in [0, 0.05) is 24.5 Å². The number of rotatable bonds is 6. The van der Waals surface area contributed by atoms with Crippen LogP contribution in [0.3, 0.4) is 0 Å². The fraction of sp³-hybridized carbons (Fsp3) is 0.700. The average Bonchev–Trinajstić information content (AvgIpc) is 2.34. The predicted octanol–water partition coefficient (Wildman–Crippen LogP) is -1.47. The van der Waals surface area contributed by atoms with E-state index in [4.69, 9.17) is 10.8 Å². The number of aliphatic carboxylic acids is 1. The Labute approximate surface area is 109 Å². The van der Waals surface area contributed by atoms with Crippen molar-refractivity contribution in [2.75, 3.05) is 18.1 Å². The van der Waals surface area contributed by atoms with Gasteiger partial charge in [-0.3, -0.25) is 9.59 Å². The summed E-state index contributed by atoms with van der Waals surface area (Å²) in [5.74, 6) is -0.532. The highest BCUT2D eigenvalue weighted by Gasteiger charge is 2.26. The molecule has 0 aromatic heterocycles. The van der Waals surface area contributed by atoms with Crippen molar-refractivity contribution in [2.45, 2.75) is 24.9 Å². The van der Waals surface area contributed by atoms with Crippen LogP contribution in [0.2, 0.25) is 0 Å². The Morgan fingerprint density at radius 2 is 2.22 bits per heavy atom. The zero-order chi connectivity index (χ0) is 13.5. The van der Waals surface area contributed by atoms with E-state index in [2.05, 4.69) is 10.6 Å². The highest BCUT2D eigenvalue weighted by atomic mass is 32.2. The van der Waals surface area contributed by atoms with Gasteiger partial charge in [0.15, 0.2) is 0 Å². The SMILES string of the molecule is NC(=O)CCC(NC(=O)C1CSCCN1)C(=O)O. The van der Waals surface area contributed by atoms with Crippen LogP contribution in [-0.4, -0.2) is 53.0 Å². The van der Waals surface area contributed by atoms with Crippen molar-refractivity contribution in [3.05, 3.63) is 0 Å². The molecule has 0 spiro atoms. The molecular formula is C10H17N3O4S. The van der Waals surface area contributed by atoms with Gasteiger partial charge in [0.25, 0.3) is 0 Å². The second-order valence-electron chi connectivity index (χ2n) is 3.99. The van der Waals surface area contributed by atoms with E-state index >= 15 is 0 Å². The smallest absolute Gasteiger partial charge is 0.326 e. The maximum Gasteiger partial charge on any atom is 0.326 e. The molecule has 0 aliphatic carbocycles. The van der Waals surface area contributed by atoms with Crippen molar-refractivity contribution >= 4 is 29.5 Å². The number of thioether (sulfide) groups is 1. The van der Waals surface area contributed by atoms with E-state index in [-0.39, 0.29) is 24.8 Å². The highest BCUT2D eigenvalue weighted by Crippen LogP contribution is 2.08. The van der Waals surface area contributed by atoms with Gasteiger partial charge >= 0.3 is 5.97 Å². The lowest BCUT2D eigenvalue weighted by molar-refractivity contribution is -0.142. The molecule has 1 aliphatic heterocycles. The standard InChI is InChI=1S/C10H17N3O4S/c11-8(14)2-1-6(10(16)17)13-9(15)7-5-18-4-3-12-7/h6-7,12H,1-5H2,(H2,11,14)(H,13,15)(H,16,17). The number of nitrogens with one attached hydrogen (secondary N) is 2. The first-order valence-electron chi connectivity index (χ1n) is 5.63. The molecule has 1 heterocycles. The Balaban J connectivity index is 2.46. The van der Waals surface area contributed by atoms with Gasteiger partial charge in [-0.2, -0.15) is 11.8 Å². The zero-order valence-electron chi connectivity index (χ0n) is 9.85. The van der Waals surface area contributed by atoms with E-state index in [9.17, 15) is 14.4 Å². The van der Waals surface area contributed by atoms with Gasteiger partial charge in [-0.25, -0.2) is 4.79 Å². The van der Waals surface area contributed by atoms with Crippen LogP contribution in [0.1, 0.15) is 12.8 Å². The first-order valence-corrected chi connectivity index (χ1v) is 6.79. The van der Waals surface area contributed by atoms with Crippen molar-refractivity contribution in [1.82, 2.24) is 10.6 Å². The molecule has 2 amide bonds. The Morgan fingerprint density at radius 3 is 2.72 bits per heavy atom. The van der Waals surface area contributed by atoms with Gasteiger partial charge in [-0.1, -0.05) is 0 Å². The Hall–Kier alpha value is -1.28. The van der Waals surface area contributed by atoms with Crippen LogP contribution in [0.5, 0.6) is 0 Å². The molecule has 1 saturated heterocycles. The zero-order valence-corrected chi connectivity index (χ0v) is 10.7. The topological polar surface area (TPSA) is 122 Å². The number of hydrogen-bond donors (Lipinski definition) is 4. The summed E-state index contributed by atoms with van der Waals surface area (Å²) in [6.07, 6.45) is -0.0552. The Morgan fingerprint density at radius 1 is 1.50 bits per heavy atom. The minimum absolute atomic E-state index is 0.0102. The number of amides is 2. The van der Waals surface area contributed by atoms with Crippen LogP contribution in [0.4, 0.5) is 0 Å². The van der Waals surface area contributed by atoms with Crippen molar-refractivity contribution < 1.29 is 19.5 Å². The molecule has 7 nitrogen and oxygen atoms in total. The maximum atomic E-state index is 11.8. The van der Waals surface area contributed by atoms with Crippen LogP contribution in [0.15, 0.2) is 0 Å². The van der Waals surface area contributed by atoms with E-state index in [0.717, 1.165) is 12.3 Å². The van der Waals surface area contributed by atoms with Crippen molar-refractivity contribution in [2.24, 2.45) is 5.73 Å². The van der Waals surface area contributed by atoms with Gasteiger partial charge in [-0.05, 0) is 6.42 Å². The number of carboxylic acids is 1. The van der Waals surface area contributed by atoms with Gasteiger partial charge in [0.2, 0.25) is 11.8 Å². The van der Waals surface area contributed by atoms with Crippen LogP contribution in [0.25, 0.3) is 0 Å². The largest absolute Gasteiger partial charge is 0.480 e. The summed E-state index contributed by atoms with van der Waals surface area (Å²) in [5.41, 5.74) is 4.95. The molecule has 0 aromatic carbocycles. The number of nitrogens with two attached hydrogens (primary N) is 1. The van der Waals surface area contributed by atoms with Crippen LogP contribution < -0.4 is 16.4 Å². The maximum absolute atomic E-state index is 11.8. The molecule has 5 N–H and O–H groups in total. The Kier molecular flexibility index (Phi) is 5.93. The van der Waals surface area contributed by atoms with E-state index in [0.29, 0.717) is 5.75 Å². The molecule has 2 unspecified atom stereocenters. The lowest BCUT2D eigenvalue weighted by Gasteiger charge is -2.24. The van der Waals surface area contributed by atoms with E-state index < -0.39 is 17.9 Å². The number of primary amides is 1. The minimum Gasteiger partial charge on any atom is -0.480 e. The average molecular weight is 275 g/mol. The molecule has 18 heavy (non-hydrogen) atoms. The fourth-order valence-corrected chi connectivity index (χ4v) is 2.48. The number of carboxylic acid groups (broad SMARTS) is 1. The minimum atomic E-state index is -1.16. The van der Waals surface area contributed by atoms with Crippen LogP contribution in [-0.2, 0) is 14.4 Å². The summed E-state index contributed by atoms with van der Waals surface area (Å²) in [7, 11) is 0. The third-order valence-electron chi connectivity index (χ3n) is 2.53. The van der Waals surface area contributed by atoms with Crippen LogP contribution in [0, 0.1) is 0 Å². The summed E-state index contributed by atoms with van der Waals surface area (Å²) in [5, 5.41) is 14.4. The summed E-state index contributed by atoms with van der Waals surface area (Å²) >= 11 is 1.64. The van der Waals surface area contributed by atoms with E-state index in [1.807, 2.05) is 0 Å².